The van der Waals surface area contributed by atoms with E-state index in [1.165, 1.54) is 11.3 Å². The van der Waals surface area contributed by atoms with E-state index in [2.05, 4.69) is 10.3 Å². The lowest BCUT2D eigenvalue weighted by Crippen LogP contribution is -2.22. The number of nitrogens with one attached hydrogen (secondary N) is 1. The molecule has 1 N–H and O–H groups in total. The molecule has 3 rings (SSSR count). The predicted octanol–water partition coefficient (Wildman–Crippen LogP) is 4.70. The molecule has 0 spiro atoms. The number of carbonyl (C=O) groups excluding carboxylic acids is 1. The standard InChI is InChI=1S/C18H15ClN2OS/c1-12-6-2-3-7-13(12)10-20-17(22)16-11-21-18(23-16)14-8-4-5-9-15(14)19/h2-9,11H,10H2,1H3,(H,20,22). The van der Waals surface area contributed by atoms with Crippen molar-refractivity contribution in [3.05, 3.63) is 75.8 Å². The van der Waals surface area contributed by atoms with Crippen LogP contribution in [0.1, 0.15) is 20.8 Å². The van der Waals surface area contributed by atoms with Crippen LogP contribution in [-0.2, 0) is 6.54 Å². The van der Waals surface area contributed by atoms with E-state index >= 15 is 0 Å². The van der Waals surface area contributed by atoms with E-state index in [4.69, 9.17) is 11.6 Å². The second-order valence-corrected chi connectivity index (χ2v) is 6.56. The molecule has 1 heterocycles. The summed E-state index contributed by atoms with van der Waals surface area (Å²) < 4.78 is 0. The summed E-state index contributed by atoms with van der Waals surface area (Å²) in [7, 11) is 0. The average molecular weight is 343 g/mol. The number of aromatic nitrogens is 1. The van der Waals surface area contributed by atoms with Crippen molar-refractivity contribution in [1.82, 2.24) is 10.3 Å². The summed E-state index contributed by atoms with van der Waals surface area (Å²) in [5, 5.41) is 4.31. The topological polar surface area (TPSA) is 42.0 Å². The van der Waals surface area contributed by atoms with Crippen LogP contribution in [0.4, 0.5) is 0 Å². The average Bonchev–Trinajstić information content (AvgIpc) is 3.04. The minimum absolute atomic E-state index is 0.121. The molecular weight excluding hydrogens is 328 g/mol. The molecule has 0 bridgehead atoms. The zero-order valence-corrected chi connectivity index (χ0v) is 14.1. The Labute approximate surface area is 144 Å². The van der Waals surface area contributed by atoms with Gasteiger partial charge in [-0.05, 0) is 24.1 Å². The van der Waals surface area contributed by atoms with Crippen LogP contribution in [0.15, 0.2) is 54.7 Å². The number of hydrogen-bond acceptors (Lipinski definition) is 3. The minimum Gasteiger partial charge on any atom is -0.347 e. The van der Waals surface area contributed by atoms with E-state index in [0.29, 0.717) is 16.4 Å². The summed E-state index contributed by atoms with van der Waals surface area (Å²) in [6, 6.07) is 15.5. The molecule has 0 atom stereocenters. The van der Waals surface area contributed by atoms with Crippen LogP contribution in [0.3, 0.4) is 0 Å². The Morgan fingerprint density at radius 1 is 1.17 bits per heavy atom. The summed E-state index contributed by atoms with van der Waals surface area (Å²) in [5.74, 6) is -0.121. The Morgan fingerprint density at radius 2 is 1.91 bits per heavy atom. The smallest absolute Gasteiger partial charge is 0.263 e. The number of rotatable bonds is 4. The quantitative estimate of drug-likeness (QED) is 0.746. The fourth-order valence-electron chi connectivity index (χ4n) is 2.21. The normalized spacial score (nSPS) is 10.5. The lowest BCUT2D eigenvalue weighted by Gasteiger charge is -2.06. The molecule has 1 amide bonds. The van der Waals surface area contributed by atoms with Gasteiger partial charge in [-0.25, -0.2) is 4.98 Å². The molecule has 3 nitrogen and oxygen atoms in total. The van der Waals surface area contributed by atoms with E-state index in [1.807, 2.05) is 55.5 Å². The van der Waals surface area contributed by atoms with Crippen LogP contribution in [0.25, 0.3) is 10.6 Å². The summed E-state index contributed by atoms with van der Waals surface area (Å²) in [4.78, 5) is 17.2. The molecule has 1 aromatic heterocycles. The van der Waals surface area contributed by atoms with Crippen LogP contribution >= 0.6 is 22.9 Å². The zero-order chi connectivity index (χ0) is 16.2. The van der Waals surface area contributed by atoms with E-state index in [0.717, 1.165) is 21.7 Å². The van der Waals surface area contributed by atoms with Crippen LogP contribution in [0.2, 0.25) is 5.02 Å². The first-order chi connectivity index (χ1) is 11.1. The number of amides is 1. The summed E-state index contributed by atoms with van der Waals surface area (Å²) >= 11 is 7.51. The third kappa shape index (κ3) is 3.60. The van der Waals surface area contributed by atoms with Crippen molar-refractivity contribution >= 4 is 28.8 Å². The highest BCUT2D eigenvalue weighted by molar-refractivity contribution is 7.17. The summed E-state index contributed by atoms with van der Waals surface area (Å²) in [6.07, 6.45) is 1.59. The third-order valence-electron chi connectivity index (χ3n) is 3.53. The van der Waals surface area contributed by atoms with Crippen molar-refractivity contribution in [2.45, 2.75) is 13.5 Å². The Kier molecular flexibility index (Phi) is 4.74. The van der Waals surface area contributed by atoms with E-state index in [9.17, 15) is 4.79 Å². The van der Waals surface area contributed by atoms with Crippen LogP contribution in [0.5, 0.6) is 0 Å². The fraction of sp³-hybridized carbons (Fsp3) is 0.111. The highest BCUT2D eigenvalue weighted by atomic mass is 35.5. The number of hydrogen-bond donors (Lipinski definition) is 1. The van der Waals surface area contributed by atoms with Gasteiger partial charge in [0.25, 0.3) is 5.91 Å². The van der Waals surface area contributed by atoms with E-state index in [-0.39, 0.29) is 5.91 Å². The molecule has 3 aromatic rings. The SMILES string of the molecule is Cc1ccccc1CNC(=O)c1cnc(-c2ccccc2Cl)s1. The van der Waals surface area contributed by atoms with Crippen molar-refractivity contribution in [3.63, 3.8) is 0 Å². The third-order valence-corrected chi connectivity index (χ3v) is 4.89. The second-order valence-electron chi connectivity index (χ2n) is 5.12. The van der Waals surface area contributed by atoms with E-state index in [1.54, 1.807) is 6.20 Å². The lowest BCUT2D eigenvalue weighted by atomic mass is 10.1. The monoisotopic (exact) mass is 342 g/mol. The van der Waals surface area contributed by atoms with Gasteiger partial charge < -0.3 is 5.32 Å². The molecule has 0 fully saturated rings. The molecule has 2 aromatic carbocycles. The van der Waals surface area contributed by atoms with Gasteiger partial charge in [-0.3, -0.25) is 4.79 Å². The molecule has 0 aliphatic heterocycles. The zero-order valence-electron chi connectivity index (χ0n) is 12.5. The van der Waals surface area contributed by atoms with Gasteiger partial charge >= 0.3 is 0 Å². The first-order valence-corrected chi connectivity index (χ1v) is 8.38. The highest BCUT2D eigenvalue weighted by Crippen LogP contribution is 2.30. The maximum atomic E-state index is 12.3. The Bertz CT molecular complexity index is 844. The van der Waals surface area contributed by atoms with Crippen molar-refractivity contribution in [2.24, 2.45) is 0 Å². The molecule has 23 heavy (non-hydrogen) atoms. The molecule has 0 unspecified atom stereocenters. The van der Waals surface area contributed by atoms with Gasteiger partial charge in [0, 0.05) is 12.1 Å². The van der Waals surface area contributed by atoms with Crippen molar-refractivity contribution in [1.29, 1.82) is 0 Å². The van der Waals surface area contributed by atoms with Gasteiger partial charge in [0.15, 0.2) is 0 Å². The number of aryl methyl sites for hydroxylation is 1. The van der Waals surface area contributed by atoms with Crippen LogP contribution in [-0.4, -0.2) is 10.9 Å². The predicted molar refractivity (Wildman–Crippen MR) is 94.9 cm³/mol. The highest BCUT2D eigenvalue weighted by Gasteiger charge is 2.13. The summed E-state index contributed by atoms with van der Waals surface area (Å²) in [6.45, 7) is 2.54. The van der Waals surface area contributed by atoms with Crippen molar-refractivity contribution in [2.75, 3.05) is 0 Å². The Hall–Kier alpha value is -2.17. The van der Waals surface area contributed by atoms with Gasteiger partial charge in [0.05, 0.1) is 11.2 Å². The lowest BCUT2D eigenvalue weighted by molar-refractivity contribution is 0.0954. The van der Waals surface area contributed by atoms with Crippen molar-refractivity contribution in [3.8, 4) is 10.6 Å². The molecular formula is C18H15ClN2OS. The first-order valence-electron chi connectivity index (χ1n) is 7.18. The molecule has 116 valence electrons. The first kappa shape index (κ1) is 15.7. The minimum atomic E-state index is -0.121. The largest absolute Gasteiger partial charge is 0.347 e. The number of carbonyl (C=O) groups is 1. The van der Waals surface area contributed by atoms with Crippen LogP contribution in [0, 0.1) is 6.92 Å². The maximum absolute atomic E-state index is 12.3. The number of halogens is 1. The molecule has 0 aliphatic carbocycles. The van der Waals surface area contributed by atoms with Gasteiger partial charge in [-0.15, -0.1) is 11.3 Å². The maximum Gasteiger partial charge on any atom is 0.263 e. The van der Waals surface area contributed by atoms with Gasteiger partial charge in [-0.1, -0.05) is 54.1 Å². The van der Waals surface area contributed by atoms with Gasteiger partial charge in [-0.2, -0.15) is 0 Å². The second kappa shape index (κ2) is 6.94. The Balaban J connectivity index is 1.72. The molecule has 5 heteroatoms. The molecule has 0 saturated carbocycles. The molecule has 0 saturated heterocycles. The molecule has 0 radical (unpaired) electrons. The number of nitrogens with zero attached hydrogens (tertiary/aromatic N) is 1. The van der Waals surface area contributed by atoms with Gasteiger partial charge in [0.1, 0.15) is 9.88 Å². The van der Waals surface area contributed by atoms with Crippen LogP contribution < -0.4 is 5.32 Å². The number of thiazole rings is 1. The fourth-order valence-corrected chi connectivity index (χ4v) is 3.36. The molecule has 0 aliphatic rings. The van der Waals surface area contributed by atoms with E-state index < -0.39 is 0 Å². The van der Waals surface area contributed by atoms with Gasteiger partial charge in [0.2, 0.25) is 0 Å². The van der Waals surface area contributed by atoms with Crippen molar-refractivity contribution < 1.29 is 4.79 Å². The summed E-state index contributed by atoms with van der Waals surface area (Å²) in [5.41, 5.74) is 3.11. The number of benzene rings is 2. The Morgan fingerprint density at radius 3 is 2.70 bits per heavy atom.